The second kappa shape index (κ2) is 9.46. The number of pyridine rings is 2. The lowest BCUT2D eigenvalue weighted by Gasteiger charge is -2.41. The Bertz CT molecular complexity index is 1430. The Balaban J connectivity index is 1.63. The third-order valence-corrected chi connectivity index (χ3v) is 6.35. The molecule has 9 heteroatoms. The van der Waals surface area contributed by atoms with Crippen molar-refractivity contribution in [2.24, 2.45) is 5.41 Å². The van der Waals surface area contributed by atoms with Gasteiger partial charge in [0.2, 0.25) is 0 Å². The van der Waals surface area contributed by atoms with Crippen LogP contribution in [0.15, 0.2) is 47.4 Å². The largest absolute Gasteiger partial charge is 0.505 e. The van der Waals surface area contributed by atoms with Crippen LogP contribution in [0.5, 0.6) is 5.75 Å². The number of rotatable bonds is 6. The summed E-state index contributed by atoms with van der Waals surface area (Å²) in [5.74, 6) is -1.62. The molecule has 3 aromatic rings. The number of amides is 1. The van der Waals surface area contributed by atoms with Crippen LogP contribution in [-0.4, -0.2) is 38.7 Å². The topological polar surface area (TPSA) is 134 Å². The Labute approximate surface area is 208 Å². The van der Waals surface area contributed by atoms with E-state index in [-0.39, 0.29) is 41.2 Å². The van der Waals surface area contributed by atoms with Crippen LogP contribution in [0.4, 0.5) is 0 Å². The van der Waals surface area contributed by atoms with E-state index in [0.29, 0.717) is 12.8 Å². The zero-order valence-electron chi connectivity index (χ0n) is 20.5. The van der Waals surface area contributed by atoms with Gasteiger partial charge in [-0.1, -0.05) is 36.8 Å². The van der Waals surface area contributed by atoms with Crippen LogP contribution in [0.2, 0.25) is 0 Å². The number of carbonyl (C=O) groups excluding carboxylic acids is 2. The van der Waals surface area contributed by atoms with Gasteiger partial charge >= 0.3 is 5.97 Å². The number of esters is 1. The molecule has 0 radical (unpaired) electrons. The molecule has 2 aromatic heterocycles. The Kier molecular flexibility index (Phi) is 6.55. The number of nitriles is 1. The molecular formula is C27H28N4O5. The molecule has 0 saturated heterocycles. The number of nitrogens with zero attached hydrogens (tertiary/aromatic N) is 3. The van der Waals surface area contributed by atoms with Gasteiger partial charge in [-0.05, 0) is 45.2 Å². The van der Waals surface area contributed by atoms with Gasteiger partial charge < -0.3 is 19.7 Å². The van der Waals surface area contributed by atoms with E-state index in [1.54, 1.807) is 20.8 Å². The average molecular weight is 489 g/mol. The summed E-state index contributed by atoms with van der Waals surface area (Å²) in [4.78, 5) is 42.9. The molecule has 1 saturated carbocycles. The lowest BCUT2D eigenvalue weighted by atomic mass is 9.68. The fraction of sp³-hybridized carbons (Fsp3) is 0.370. The highest BCUT2D eigenvalue weighted by atomic mass is 16.6. The molecule has 2 heterocycles. The van der Waals surface area contributed by atoms with E-state index in [1.165, 1.54) is 16.8 Å². The highest BCUT2D eigenvalue weighted by molar-refractivity contribution is 6.03. The number of hydrogen-bond donors (Lipinski definition) is 2. The van der Waals surface area contributed by atoms with Crippen LogP contribution < -0.4 is 10.9 Å². The number of ether oxygens (including phenoxy) is 1. The van der Waals surface area contributed by atoms with Crippen LogP contribution in [0.3, 0.4) is 0 Å². The number of aromatic hydroxyl groups is 1. The fourth-order valence-electron chi connectivity index (χ4n) is 4.27. The summed E-state index contributed by atoms with van der Waals surface area (Å²) in [6.45, 7) is 5.63. The van der Waals surface area contributed by atoms with Gasteiger partial charge in [-0.2, -0.15) is 5.26 Å². The molecule has 186 valence electrons. The number of fused-ring (bicyclic) bond motifs is 1. The first kappa shape index (κ1) is 24.9. The van der Waals surface area contributed by atoms with Crippen molar-refractivity contribution >= 4 is 22.6 Å². The molecule has 1 amide bonds. The molecule has 1 aliphatic rings. The van der Waals surface area contributed by atoms with Crippen molar-refractivity contribution in [3.63, 3.8) is 0 Å². The van der Waals surface area contributed by atoms with Crippen molar-refractivity contribution < 1.29 is 19.4 Å². The van der Waals surface area contributed by atoms with Crippen molar-refractivity contribution in [2.75, 3.05) is 6.54 Å². The quantitative estimate of drug-likeness (QED) is 0.509. The maximum Gasteiger partial charge on any atom is 0.314 e. The normalized spacial score (nSPS) is 14.5. The van der Waals surface area contributed by atoms with E-state index < -0.39 is 28.2 Å². The van der Waals surface area contributed by atoms with Gasteiger partial charge in [0, 0.05) is 18.1 Å². The Hall–Kier alpha value is -4.19. The van der Waals surface area contributed by atoms with Gasteiger partial charge in [0.05, 0.1) is 17.3 Å². The summed E-state index contributed by atoms with van der Waals surface area (Å²) in [7, 11) is 0. The Morgan fingerprint density at radius 1 is 1.22 bits per heavy atom. The van der Waals surface area contributed by atoms with Crippen LogP contribution in [0, 0.1) is 16.7 Å². The summed E-state index contributed by atoms with van der Waals surface area (Å²) in [5, 5.41) is 23.2. The molecule has 1 aliphatic carbocycles. The number of benzene rings is 1. The van der Waals surface area contributed by atoms with Crippen molar-refractivity contribution in [3.05, 3.63) is 69.9 Å². The molecule has 0 aliphatic heterocycles. The molecule has 36 heavy (non-hydrogen) atoms. The summed E-state index contributed by atoms with van der Waals surface area (Å²) in [6.07, 6.45) is 3.49. The van der Waals surface area contributed by atoms with Gasteiger partial charge in [0.1, 0.15) is 11.7 Å². The lowest BCUT2D eigenvalue weighted by Crippen LogP contribution is -2.50. The first-order valence-corrected chi connectivity index (χ1v) is 11.8. The van der Waals surface area contributed by atoms with Crippen molar-refractivity contribution in [1.29, 1.82) is 5.26 Å². The SMILES string of the molecule is CC(C)(C)OC(=O)C1(CNC(=O)c2nc(C#N)c3c(=O)n(Cc4ccccc4)ccc3c2O)CCC1. The molecule has 4 rings (SSSR count). The number of nitrogens with one attached hydrogen (secondary N) is 1. The average Bonchev–Trinajstić information content (AvgIpc) is 2.80. The molecule has 0 unspecified atom stereocenters. The molecular weight excluding hydrogens is 460 g/mol. The van der Waals surface area contributed by atoms with Crippen molar-refractivity contribution in [2.45, 2.75) is 52.2 Å². The van der Waals surface area contributed by atoms with Gasteiger partial charge in [-0.25, -0.2) is 4.98 Å². The highest BCUT2D eigenvalue weighted by Crippen LogP contribution is 2.42. The van der Waals surface area contributed by atoms with E-state index in [9.17, 15) is 24.8 Å². The molecule has 2 N–H and O–H groups in total. The minimum Gasteiger partial charge on any atom is -0.505 e. The zero-order chi connectivity index (χ0) is 26.1. The summed E-state index contributed by atoms with van der Waals surface area (Å²) in [6, 6.07) is 12.7. The number of carbonyl (C=O) groups is 2. The van der Waals surface area contributed by atoms with Crippen LogP contribution in [-0.2, 0) is 16.1 Å². The Morgan fingerprint density at radius 3 is 2.50 bits per heavy atom. The second-order valence-electron chi connectivity index (χ2n) is 10.1. The standard InChI is InChI=1S/C27H28N4O5/c1-26(2,3)36-25(35)27(11-7-12-27)16-29-23(33)21-22(32)18-10-13-31(15-17-8-5-4-6-9-17)24(34)20(18)19(14-28)30-21/h4-6,8-10,13,32H,7,11-12,15-16H2,1-3H3,(H,29,33). The predicted octanol–water partition coefficient (Wildman–Crippen LogP) is 3.26. The summed E-state index contributed by atoms with van der Waals surface area (Å²) < 4.78 is 6.95. The minimum atomic E-state index is -0.835. The van der Waals surface area contributed by atoms with E-state index >= 15 is 0 Å². The number of hydrogen-bond acceptors (Lipinski definition) is 7. The lowest BCUT2D eigenvalue weighted by molar-refractivity contribution is -0.172. The van der Waals surface area contributed by atoms with Gasteiger partial charge in [-0.3, -0.25) is 14.4 Å². The van der Waals surface area contributed by atoms with Crippen molar-refractivity contribution in [1.82, 2.24) is 14.9 Å². The van der Waals surface area contributed by atoms with Gasteiger partial charge in [0.25, 0.3) is 11.5 Å². The van der Waals surface area contributed by atoms with Crippen molar-refractivity contribution in [3.8, 4) is 11.8 Å². The van der Waals surface area contributed by atoms with E-state index in [4.69, 9.17) is 4.74 Å². The first-order valence-electron chi connectivity index (χ1n) is 11.8. The van der Waals surface area contributed by atoms with E-state index in [1.807, 2.05) is 36.4 Å². The zero-order valence-corrected chi connectivity index (χ0v) is 20.5. The highest BCUT2D eigenvalue weighted by Gasteiger charge is 2.47. The Morgan fingerprint density at radius 2 is 1.92 bits per heavy atom. The molecule has 0 bridgehead atoms. The maximum atomic E-state index is 13.1. The van der Waals surface area contributed by atoms with E-state index in [0.717, 1.165) is 12.0 Å². The monoisotopic (exact) mass is 488 g/mol. The molecule has 0 spiro atoms. The van der Waals surface area contributed by atoms with Gasteiger partial charge in [0.15, 0.2) is 17.1 Å². The van der Waals surface area contributed by atoms with E-state index in [2.05, 4.69) is 10.3 Å². The molecule has 9 nitrogen and oxygen atoms in total. The molecule has 1 fully saturated rings. The summed E-state index contributed by atoms with van der Waals surface area (Å²) >= 11 is 0. The second-order valence-corrected chi connectivity index (χ2v) is 10.1. The smallest absolute Gasteiger partial charge is 0.314 e. The maximum absolute atomic E-state index is 13.1. The first-order chi connectivity index (χ1) is 17.0. The number of aromatic nitrogens is 2. The molecule has 0 atom stereocenters. The third-order valence-electron chi connectivity index (χ3n) is 6.35. The van der Waals surface area contributed by atoms with Crippen LogP contribution >= 0.6 is 0 Å². The van der Waals surface area contributed by atoms with Crippen LogP contribution in [0.25, 0.3) is 10.8 Å². The third kappa shape index (κ3) is 4.80. The fourth-order valence-corrected chi connectivity index (χ4v) is 4.27. The van der Waals surface area contributed by atoms with Gasteiger partial charge in [-0.15, -0.1) is 0 Å². The summed E-state index contributed by atoms with van der Waals surface area (Å²) in [5.41, 5.74) is -1.74. The minimum absolute atomic E-state index is 0.0143. The predicted molar refractivity (Wildman–Crippen MR) is 132 cm³/mol. The van der Waals surface area contributed by atoms with Crippen LogP contribution in [0.1, 0.15) is 61.8 Å². The molecule has 1 aromatic carbocycles.